The van der Waals surface area contributed by atoms with E-state index in [0.717, 1.165) is 22.6 Å². The van der Waals surface area contributed by atoms with Gasteiger partial charge in [0.05, 0.1) is 13.7 Å². The Labute approximate surface area is 131 Å². The van der Waals surface area contributed by atoms with E-state index in [0.29, 0.717) is 19.7 Å². The highest BCUT2D eigenvalue weighted by atomic mass is 16.5. The molecule has 2 aromatic rings. The van der Waals surface area contributed by atoms with E-state index >= 15 is 0 Å². The first kappa shape index (κ1) is 16.3. The smallest absolute Gasteiger partial charge is 0.161 e. The molecule has 0 amide bonds. The van der Waals surface area contributed by atoms with Crippen molar-refractivity contribution in [2.75, 3.05) is 20.3 Å². The van der Waals surface area contributed by atoms with E-state index in [9.17, 15) is 0 Å². The number of methoxy groups -OCH3 is 1. The van der Waals surface area contributed by atoms with E-state index in [1.54, 1.807) is 7.11 Å². The third-order valence-electron chi connectivity index (χ3n) is 3.32. The molecule has 0 atom stereocenters. The third kappa shape index (κ3) is 4.76. The van der Waals surface area contributed by atoms with Gasteiger partial charge in [-0.25, -0.2) is 0 Å². The normalized spacial score (nSPS) is 10.5. The lowest BCUT2D eigenvalue weighted by Crippen LogP contribution is -2.17. The Hall–Kier alpha value is -2.04. The van der Waals surface area contributed by atoms with E-state index in [-0.39, 0.29) is 6.61 Å². The summed E-state index contributed by atoms with van der Waals surface area (Å²) in [5, 5.41) is 11.9. The van der Waals surface area contributed by atoms with Gasteiger partial charge >= 0.3 is 0 Å². The molecule has 2 aromatic carbocycles. The molecular formula is C18H23NO3. The van der Waals surface area contributed by atoms with Gasteiger partial charge in [-0.3, -0.25) is 0 Å². The number of aliphatic hydroxyl groups excluding tert-OH is 1. The Bertz CT molecular complexity index is 599. The SMILES string of the molecule is COc1cc(CNCCO)ccc1OCc1cccc(C)c1. The molecule has 0 saturated carbocycles. The fourth-order valence-corrected chi connectivity index (χ4v) is 2.22. The quantitative estimate of drug-likeness (QED) is 0.736. The van der Waals surface area contributed by atoms with Gasteiger partial charge in [-0.15, -0.1) is 0 Å². The summed E-state index contributed by atoms with van der Waals surface area (Å²) < 4.78 is 11.3. The monoisotopic (exact) mass is 301 g/mol. The number of aliphatic hydroxyl groups is 1. The summed E-state index contributed by atoms with van der Waals surface area (Å²) in [6.45, 7) is 3.98. The lowest BCUT2D eigenvalue weighted by atomic mass is 10.1. The van der Waals surface area contributed by atoms with Gasteiger partial charge in [0, 0.05) is 13.1 Å². The second-order valence-electron chi connectivity index (χ2n) is 5.16. The van der Waals surface area contributed by atoms with E-state index in [2.05, 4.69) is 24.4 Å². The van der Waals surface area contributed by atoms with E-state index < -0.39 is 0 Å². The number of nitrogens with one attached hydrogen (secondary N) is 1. The van der Waals surface area contributed by atoms with Crippen molar-refractivity contribution in [2.24, 2.45) is 0 Å². The molecule has 0 bridgehead atoms. The van der Waals surface area contributed by atoms with Crippen molar-refractivity contribution in [1.29, 1.82) is 0 Å². The summed E-state index contributed by atoms with van der Waals surface area (Å²) in [7, 11) is 1.64. The summed E-state index contributed by atoms with van der Waals surface area (Å²) >= 11 is 0. The molecule has 0 aliphatic rings. The molecule has 0 aliphatic carbocycles. The largest absolute Gasteiger partial charge is 0.493 e. The van der Waals surface area contributed by atoms with E-state index in [1.807, 2.05) is 30.3 Å². The van der Waals surface area contributed by atoms with Gasteiger partial charge < -0.3 is 19.9 Å². The maximum atomic E-state index is 8.78. The van der Waals surface area contributed by atoms with Crippen LogP contribution in [0.4, 0.5) is 0 Å². The van der Waals surface area contributed by atoms with Crippen LogP contribution in [-0.4, -0.2) is 25.4 Å². The second-order valence-corrected chi connectivity index (χ2v) is 5.16. The number of aryl methyl sites for hydroxylation is 1. The molecule has 0 fully saturated rings. The summed E-state index contributed by atoms with van der Waals surface area (Å²) in [6.07, 6.45) is 0. The zero-order valence-corrected chi connectivity index (χ0v) is 13.1. The van der Waals surface area contributed by atoms with Gasteiger partial charge in [-0.2, -0.15) is 0 Å². The lowest BCUT2D eigenvalue weighted by Gasteiger charge is -2.13. The maximum Gasteiger partial charge on any atom is 0.161 e. The zero-order chi connectivity index (χ0) is 15.8. The predicted molar refractivity (Wildman–Crippen MR) is 87.3 cm³/mol. The van der Waals surface area contributed by atoms with Crippen LogP contribution in [0.1, 0.15) is 16.7 Å². The Morgan fingerprint density at radius 1 is 1.05 bits per heavy atom. The lowest BCUT2D eigenvalue weighted by molar-refractivity contribution is 0.283. The number of hydrogen-bond acceptors (Lipinski definition) is 4. The third-order valence-corrected chi connectivity index (χ3v) is 3.32. The van der Waals surface area contributed by atoms with Crippen LogP contribution >= 0.6 is 0 Å². The summed E-state index contributed by atoms with van der Waals surface area (Å²) in [4.78, 5) is 0. The van der Waals surface area contributed by atoms with E-state index in [4.69, 9.17) is 14.6 Å². The Morgan fingerprint density at radius 3 is 2.64 bits per heavy atom. The molecule has 4 heteroatoms. The van der Waals surface area contributed by atoms with Crippen molar-refractivity contribution in [2.45, 2.75) is 20.1 Å². The molecule has 0 unspecified atom stereocenters. The number of ether oxygens (including phenoxy) is 2. The van der Waals surface area contributed by atoms with Gasteiger partial charge in [-0.1, -0.05) is 35.9 Å². The number of hydrogen-bond donors (Lipinski definition) is 2. The minimum atomic E-state index is 0.134. The molecule has 118 valence electrons. The Morgan fingerprint density at radius 2 is 1.91 bits per heavy atom. The van der Waals surface area contributed by atoms with Crippen molar-refractivity contribution in [3.63, 3.8) is 0 Å². The molecule has 2 rings (SSSR count). The molecule has 0 aliphatic heterocycles. The standard InChI is InChI=1S/C18H23NO3/c1-14-4-3-5-16(10-14)13-22-17-7-6-15(11-18(17)21-2)12-19-8-9-20/h3-7,10-11,19-20H,8-9,12-13H2,1-2H3. The highest BCUT2D eigenvalue weighted by Gasteiger charge is 2.06. The van der Waals surface area contributed by atoms with Gasteiger partial charge in [0.1, 0.15) is 6.61 Å². The van der Waals surface area contributed by atoms with Crippen LogP contribution in [0.15, 0.2) is 42.5 Å². The first-order valence-electron chi connectivity index (χ1n) is 7.40. The average Bonchev–Trinajstić information content (AvgIpc) is 2.53. The van der Waals surface area contributed by atoms with Crippen molar-refractivity contribution in [3.8, 4) is 11.5 Å². The van der Waals surface area contributed by atoms with Gasteiger partial charge in [-0.05, 0) is 30.2 Å². The van der Waals surface area contributed by atoms with Crippen LogP contribution in [0.2, 0.25) is 0 Å². The van der Waals surface area contributed by atoms with Crippen molar-refractivity contribution >= 4 is 0 Å². The van der Waals surface area contributed by atoms with Crippen LogP contribution in [0.5, 0.6) is 11.5 Å². The van der Waals surface area contributed by atoms with Crippen molar-refractivity contribution in [3.05, 3.63) is 59.2 Å². The number of benzene rings is 2. The molecule has 0 heterocycles. The second kappa shape index (κ2) is 8.41. The maximum absolute atomic E-state index is 8.78. The van der Waals surface area contributed by atoms with Gasteiger partial charge in [0.25, 0.3) is 0 Å². The minimum Gasteiger partial charge on any atom is -0.493 e. The fourth-order valence-electron chi connectivity index (χ4n) is 2.22. The van der Waals surface area contributed by atoms with Crippen LogP contribution in [0.25, 0.3) is 0 Å². The van der Waals surface area contributed by atoms with Gasteiger partial charge in [0.15, 0.2) is 11.5 Å². The van der Waals surface area contributed by atoms with Crippen molar-refractivity contribution < 1.29 is 14.6 Å². The van der Waals surface area contributed by atoms with E-state index in [1.165, 1.54) is 5.56 Å². The van der Waals surface area contributed by atoms with Crippen LogP contribution in [0, 0.1) is 6.92 Å². The number of rotatable bonds is 8. The average molecular weight is 301 g/mol. The molecule has 22 heavy (non-hydrogen) atoms. The first-order valence-corrected chi connectivity index (χ1v) is 7.40. The van der Waals surface area contributed by atoms with Crippen molar-refractivity contribution in [1.82, 2.24) is 5.32 Å². The van der Waals surface area contributed by atoms with Crippen LogP contribution in [-0.2, 0) is 13.2 Å². The minimum absolute atomic E-state index is 0.134. The highest BCUT2D eigenvalue weighted by molar-refractivity contribution is 5.43. The summed E-state index contributed by atoms with van der Waals surface area (Å²) in [6, 6.07) is 14.1. The van der Waals surface area contributed by atoms with Gasteiger partial charge in [0.2, 0.25) is 0 Å². The van der Waals surface area contributed by atoms with Crippen LogP contribution < -0.4 is 14.8 Å². The fraction of sp³-hybridized carbons (Fsp3) is 0.333. The zero-order valence-electron chi connectivity index (χ0n) is 13.1. The van der Waals surface area contributed by atoms with Crippen LogP contribution in [0.3, 0.4) is 0 Å². The summed E-state index contributed by atoms with van der Waals surface area (Å²) in [5.41, 5.74) is 3.45. The molecular weight excluding hydrogens is 278 g/mol. The Kier molecular flexibility index (Phi) is 6.25. The Balaban J connectivity index is 2.01. The molecule has 0 spiro atoms. The molecule has 0 aromatic heterocycles. The molecule has 0 saturated heterocycles. The highest BCUT2D eigenvalue weighted by Crippen LogP contribution is 2.28. The predicted octanol–water partition coefficient (Wildman–Crippen LogP) is 2.66. The topological polar surface area (TPSA) is 50.7 Å². The first-order chi connectivity index (χ1) is 10.7. The molecule has 0 radical (unpaired) electrons. The molecule has 2 N–H and O–H groups in total. The molecule has 4 nitrogen and oxygen atoms in total. The summed E-state index contributed by atoms with van der Waals surface area (Å²) in [5.74, 6) is 1.45.